The van der Waals surface area contributed by atoms with Crippen LogP contribution in [0.4, 0.5) is 4.79 Å². The number of carbonyl (C=O) groups is 1. The minimum Gasteiger partial charge on any atom is -0.449 e. The highest BCUT2D eigenvalue weighted by Gasteiger charge is 2.34. The van der Waals surface area contributed by atoms with E-state index in [9.17, 15) is 10.1 Å². The third-order valence-electron chi connectivity index (χ3n) is 4.28. The van der Waals surface area contributed by atoms with Gasteiger partial charge in [-0.15, -0.1) is 0 Å². The molecule has 0 bridgehead atoms. The number of ether oxygens (including phenoxy) is 1. The molecular weight excluding hydrogens is 278 g/mol. The van der Waals surface area contributed by atoms with E-state index in [-0.39, 0.29) is 17.4 Å². The summed E-state index contributed by atoms with van der Waals surface area (Å²) in [5.74, 6) is 0.761. The van der Waals surface area contributed by atoms with Gasteiger partial charge in [-0.05, 0) is 32.4 Å². The maximum Gasteiger partial charge on any atom is 0.409 e. The SMILES string of the molecule is CC(C)C1CCN(C(=O)OCC(C)(C)CN(C)C)CC1C#N. The van der Waals surface area contributed by atoms with E-state index in [2.05, 4.69) is 38.7 Å². The Morgan fingerprint density at radius 1 is 1.45 bits per heavy atom. The number of hydrogen-bond acceptors (Lipinski definition) is 4. The molecule has 0 aromatic rings. The number of likely N-dealkylation sites (tertiary alicyclic amines) is 1. The fourth-order valence-electron chi connectivity index (χ4n) is 3.32. The normalized spacial score (nSPS) is 22.8. The van der Waals surface area contributed by atoms with Gasteiger partial charge in [-0.25, -0.2) is 4.79 Å². The van der Waals surface area contributed by atoms with Crippen LogP contribution >= 0.6 is 0 Å². The molecule has 0 saturated carbocycles. The van der Waals surface area contributed by atoms with E-state index in [1.54, 1.807) is 4.90 Å². The molecule has 2 atom stereocenters. The molecule has 5 nitrogen and oxygen atoms in total. The lowest BCUT2D eigenvalue weighted by molar-refractivity contribution is 0.0401. The first-order valence-corrected chi connectivity index (χ1v) is 8.12. The molecule has 0 N–H and O–H groups in total. The van der Waals surface area contributed by atoms with Crippen LogP contribution in [-0.4, -0.2) is 56.2 Å². The van der Waals surface area contributed by atoms with Crippen molar-refractivity contribution in [3.63, 3.8) is 0 Å². The molecule has 22 heavy (non-hydrogen) atoms. The maximum atomic E-state index is 12.2. The Bertz CT molecular complexity index is 413. The highest BCUT2D eigenvalue weighted by molar-refractivity contribution is 5.67. The zero-order valence-corrected chi connectivity index (χ0v) is 14.9. The lowest BCUT2D eigenvalue weighted by Crippen LogP contribution is -2.45. The van der Waals surface area contributed by atoms with Crippen molar-refractivity contribution in [1.82, 2.24) is 9.80 Å². The highest BCUT2D eigenvalue weighted by atomic mass is 16.6. The van der Waals surface area contributed by atoms with Crippen molar-refractivity contribution in [2.45, 2.75) is 34.1 Å². The Morgan fingerprint density at radius 3 is 2.59 bits per heavy atom. The van der Waals surface area contributed by atoms with Crippen molar-refractivity contribution >= 4 is 6.09 Å². The summed E-state index contributed by atoms with van der Waals surface area (Å²) in [5.41, 5.74) is -0.0793. The number of rotatable bonds is 5. The van der Waals surface area contributed by atoms with Crippen molar-refractivity contribution < 1.29 is 9.53 Å². The Balaban J connectivity index is 2.52. The summed E-state index contributed by atoms with van der Waals surface area (Å²) < 4.78 is 5.49. The van der Waals surface area contributed by atoms with Crippen LogP contribution in [0.1, 0.15) is 34.1 Å². The van der Waals surface area contributed by atoms with Crippen LogP contribution in [0.2, 0.25) is 0 Å². The van der Waals surface area contributed by atoms with Gasteiger partial charge in [0.15, 0.2) is 0 Å². The van der Waals surface area contributed by atoms with Gasteiger partial charge in [-0.1, -0.05) is 27.7 Å². The van der Waals surface area contributed by atoms with Gasteiger partial charge in [0, 0.05) is 25.0 Å². The Morgan fingerprint density at radius 2 is 2.09 bits per heavy atom. The maximum absolute atomic E-state index is 12.2. The third kappa shape index (κ3) is 5.49. The molecule has 0 aromatic carbocycles. The molecule has 0 radical (unpaired) electrons. The molecule has 0 aromatic heterocycles. The highest BCUT2D eigenvalue weighted by Crippen LogP contribution is 2.30. The van der Waals surface area contributed by atoms with Gasteiger partial charge in [0.2, 0.25) is 0 Å². The van der Waals surface area contributed by atoms with Crippen molar-refractivity contribution in [3.05, 3.63) is 0 Å². The molecular formula is C17H31N3O2. The van der Waals surface area contributed by atoms with Crippen LogP contribution in [0.25, 0.3) is 0 Å². The van der Waals surface area contributed by atoms with E-state index in [0.29, 0.717) is 31.5 Å². The third-order valence-corrected chi connectivity index (χ3v) is 4.28. The molecule has 1 aliphatic heterocycles. The van der Waals surface area contributed by atoms with Crippen LogP contribution in [0, 0.1) is 34.5 Å². The molecule has 1 aliphatic rings. The number of amides is 1. The van der Waals surface area contributed by atoms with Gasteiger partial charge < -0.3 is 14.5 Å². The van der Waals surface area contributed by atoms with E-state index in [0.717, 1.165) is 13.0 Å². The van der Waals surface area contributed by atoms with Gasteiger partial charge in [0.25, 0.3) is 0 Å². The fourth-order valence-corrected chi connectivity index (χ4v) is 3.32. The zero-order chi connectivity index (χ0) is 16.9. The van der Waals surface area contributed by atoms with Gasteiger partial charge in [0.05, 0.1) is 18.6 Å². The summed E-state index contributed by atoms with van der Waals surface area (Å²) in [6.45, 7) is 10.9. The van der Waals surface area contributed by atoms with E-state index >= 15 is 0 Å². The van der Waals surface area contributed by atoms with Crippen LogP contribution in [-0.2, 0) is 4.74 Å². The quantitative estimate of drug-likeness (QED) is 0.783. The number of nitrogens with zero attached hydrogens (tertiary/aromatic N) is 3. The Hall–Kier alpha value is -1.28. The average Bonchev–Trinajstić information content (AvgIpc) is 2.42. The molecule has 1 heterocycles. The molecule has 126 valence electrons. The topological polar surface area (TPSA) is 56.6 Å². The van der Waals surface area contributed by atoms with E-state index < -0.39 is 0 Å². The van der Waals surface area contributed by atoms with Crippen LogP contribution in [0.3, 0.4) is 0 Å². The summed E-state index contributed by atoms with van der Waals surface area (Å²) in [6, 6.07) is 2.36. The molecule has 2 unspecified atom stereocenters. The molecule has 0 aliphatic carbocycles. The van der Waals surface area contributed by atoms with Crippen LogP contribution < -0.4 is 0 Å². The van der Waals surface area contributed by atoms with E-state index in [4.69, 9.17) is 4.74 Å². The Labute approximate surface area is 135 Å². The predicted octanol–water partition coefficient (Wildman–Crippen LogP) is 2.83. The first kappa shape index (κ1) is 18.8. The number of piperidine rings is 1. The first-order chi connectivity index (χ1) is 10.2. The van der Waals surface area contributed by atoms with Gasteiger partial charge in [-0.2, -0.15) is 5.26 Å². The summed E-state index contributed by atoms with van der Waals surface area (Å²) in [5, 5.41) is 9.33. The van der Waals surface area contributed by atoms with Crippen LogP contribution in [0.5, 0.6) is 0 Å². The van der Waals surface area contributed by atoms with E-state index in [1.165, 1.54) is 0 Å². The smallest absolute Gasteiger partial charge is 0.409 e. The summed E-state index contributed by atoms with van der Waals surface area (Å²) in [4.78, 5) is 16.0. The van der Waals surface area contributed by atoms with E-state index in [1.807, 2.05) is 14.1 Å². The second-order valence-corrected chi connectivity index (χ2v) is 7.83. The number of nitriles is 1. The standard InChI is InChI=1S/C17H31N3O2/c1-13(2)15-7-8-20(10-14(15)9-18)16(21)22-12-17(3,4)11-19(5)6/h13-15H,7-8,10-12H2,1-6H3. The monoisotopic (exact) mass is 309 g/mol. The lowest BCUT2D eigenvalue weighted by atomic mass is 9.79. The van der Waals surface area contributed by atoms with Gasteiger partial charge in [-0.3, -0.25) is 0 Å². The Kier molecular flexibility index (Phi) is 6.67. The molecule has 5 heteroatoms. The fraction of sp³-hybridized carbons (Fsp3) is 0.882. The van der Waals surface area contributed by atoms with Crippen molar-refractivity contribution in [2.75, 3.05) is 40.3 Å². The van der Waals surface area contributed by atoms with Gasteiger partial charge >= 0.3 is 6.09 Å². The second kappa shape index (κ2) is 7.82. The number of carbonyl (C=O) groups excluding carboxylic acids is 1. The molecule has 1 saturated heterocycles. The predicted molar refractivity (Wildman–Crippen MR) is 87.3 cm³/mol. The average molecular weight is 309 g/mol. The first-order valence-electron chi connectivity index (χ1n) is 8.12. The summed E-state index contributed by atoms with van der Waals surface area (Å²) in [6.07, 6.45) is 0.598. The van der Waals surface area contributed by atoms with Crippen molar-refractivity contribution in [2.24, 2.45) is 23.2 Å². The minimum atomic E-state index is -0.283. The largest absolute Gasteiger partial charge is 0.449 e. The molecule has 1 fully saturated rings. The minimum absolute atomic E-state index is 0.0793. The zero-order valence-electron chi connectivity index (χ0n) is 14.9. The second-order valence-electron chi connectivity index (χ2n) is 7.83. The van der Waals surface area contributed by atoms with Crippen LogP contribution in [0.15, 0.2) is 0 Å². The van der Waals surface area contributed by atoms with Crippen molar-refractivity contribution in [1.29, 1.82) is 5.26 Å². The van der Waals surface area contributed by atoms with Crippen molar-refractivity contribution in [3.8, 4) is 6.07 Å². The van der Waals surface area contributed by atoms with Gasteiger partial charge in [0.1, 0.15) is 0 Å². The molecule has 1 rings (SSSR count). The number of hydrogen-bond donors (Lipinski definition) is 0. The molecule has 0 spiro atoms. The lowest BCUT2D eigenvalue weighted by Gasteiger charge is -2.37. The molecule has 1 amide bonds. The summed E-state index contributed by atoms with van der Waals surface area (Å²) >= 11 is 0. The summed E-state index contributed by atoms with van der Waals surface area (Å²) in [7, 11) is 4.02.